The highest BCUT2D eigenvalue weighted by Crippen LogP contribution is 2.21. The van der Waals surface area contributed by atoms with Gasteiger partial charge in [0.05, 0.1) is 24.7 Å². The first-order valence-corrected chi connectivity index (χ1v) is 4.67. The number of aromatic nitrogens is 2. The van der Waals surface area contributed by atoms with Crippen LogP contribution in [0.5, 0.6) is 5.88 Å². The molecule has 1 N–H and O–H groups in total. The Labute approximate surface area is 88.1 Å². The fourth-order valence-electron chi connectivity index (χ4n) is 0.971. The average Bonchev–Trinajstić information content (AvgIpc) is 2.19. The van der Waals surface area contributed by atoms with Crippen LogP contribution < -0.4 is 4.74 Å². The molecule has 0 bridgehead atoms. The lowest BCUT2D eigenvalue weighted by molar-refractivity contribution is -0.142. The van der Waals surface area contributed by atoms with Crippen LogP contribution in [-0.4, -0.2) is 27.7 Å². The number of aliphatic carboxylic acids is 1. The van der Waals surface area contributed by atoms with Crippen molar-refractivity contribution in [2.24, 2.45) is 0 Å². The van der Waals surface area contributed by atoms with Gasteiger partial charge in [0.25, 0.3) is 0 Å². The maximum Gasteiger partial charge on any atom is 0.315 e. The Morgan fingerprint density at radius 2 is 2.13 bits per heavy atom. The van der Waals surface area contributed by atoms with Crippen molar-refractivity contribution in [2.45, 2.75) is 26.2 Å². The first-order chi connectivity index (χ1) is 6.98. The molecule has 0 aromatic carbocycles. The zero-order chi connectivity index (χ0) is 11.5. The second kappa shape index (κ2) is 4.25. The Kier molecular flexibility index (Phi) is 3.24. The Bertz CT molecular complexity index is 346. The summed E-state index contributed by atoms with van der Waals surface area (Å²) in [5, 5.41) is 8.97. The number of hydrogen-bond acceptors (Lipinski definition) is 4. The van der Waals surface area contributed by atoms with Gasteiger partial charge < -0.3 is 9.84 Å². The maximum atomic E-state index is 10.9. The summed E-state index contributed by atoms with van der Waals surface area (Å²) in [6, 6.07) is 0. The minimum absolute atomic E-state index is 0.405. The van der Waals surface area contributed by atoms with Crippen LogP contribution in [0.25, 0.3) is 0 Å². The molecule has 0 amide bonds. The molecule has 1 heterocycles. The van der Waals surface area contributed by atoms with Crippen LogP contribution in [0.3, 0.4) is 0 Å². The topological polar surface area (TPSA) is 72.3 Å². The number of hydrogen-bond donors (Lipinski definition) is 1. The van der Waals surface area contributed by atoms with Gasteiger partial charge in [0, 0.05) is 0 Å². The Morgan fingerprint density at radius 1 is 1.47 bits per heavy atom. The van der Waals surface area contributed by atoms with Crippen LogP contribution >= 0.6 is 0 Å². The van der Waals surface area contributed by atoms with E-state index in [0.29, 0.717) is 18.2 Å². The summed E-state index contributed by atoms with van der Waals surface area (Å²) in [7, 11) is 0. The van der Waals surface area contributed by atoms with Gasteiger partial charge in [0.2, 0.25) is 5.88 Å². The van der Waals surface area contributed by atoms with Crippen molar-refractivity contribution < 1.29 is 14.6 Å². The summed E-state index contributed by atoms with van der Waals surface area (Å²) in [4.78, 5) is 18.9. The Morgan fingerprint density at radius 3 is 2.53 bits per heavy atom. The van der Waals surface area contributed by atoms with Gasteiger partial charge in [-0.2, -0.15) is 0 Å². The molecule has 0 radical (unpaired) electrons. The Balaban J connectivity index is 2.93. The summed E-state index contributed by atoms with van der Waals surface area (Å²) in [6.45, 7) is 5.52. The van der Waals surface area contributed by atoms with Crippen molar-refractivity contribution in [3.8, 4) is 5.88 Å². The molecule has 0 saturated heterocycles. The minimum Gasteiger partial charge on any atom is -0.481 e. The van der Waals surface area contributed by atoms with Crippen molar-refractivity contribution in [1.29, 1.82) is 0 Å². The summed E-state index contributed by atoms with van der Waals surface area (Å²) < 4.78 is 5.11. The summed E-state index contributed by atoms with van der Waals surface area (Å²) in [5.41, 5.74) is -0.615. The molecule has 0 atom stereocenters. The van der Waals surface area contributed by atoms with E-state index >= 15 is 0 Å². The number of carboxylic acid groups (broad SMARTS) is 1. The van der Waals surface area contributed by atoms with Crippen molar-refractivity contribution in [1.82, 2.24) is 9.97 Å². The molecular weight excluding hydrogens is 196 g/mol. The van der Waals surface area contributed by atoms with Crippen LogP contribution in [0.1, 0.15) is 26.5 Å². The van der Waals surface area contributed by atoms with Gasteiger partial charge in [-0.25, -0.2) is 4.98 Å². The van der Waals surface area contributed by atoms with Gasteiger partial charge >= 0.3 is 5.97 Å². The lowest BCUT2D eigenvalue weighted by Gasteiger charge is -2.17. The molecule has 0 fully saturated rings. The fraction of sp³-hybridized carbons (Fsp3) is 0.500. The lowest BCUT2D eigenvalue weighted by atomic mass is 9.90. The highest BCUT2D eigenvalue weighted by Gasteiger charge is 2.31. The third kappa shape index (κ3) is 2.43. The van der Waals surface area contributed by atoms with E-state index in [0.717, 1.165) is 0 Å². The first-order valence-electron chi connectivity index (χ1n) is 4.67. The third-order valence-corrected chi connectivity index (χ3v) is 2.10. The Hall–Kier alpha value is -1.65. The summed E-state index contributed by atoms with van der Waals surface area (Å²) >= 11 is 0. The molecule has 82 valence electrons. The highest BCUT2D eigenvalue weighted by molar-refractivity contribution is 5.79. The van der Waals surface area contributed by atoms with Gasteiger partial charge in [-0.05, 0) is 20.8 Å². The maximum absolute atomic E-state index is 10.9. The second-order valence-corrected chi connectivity index (χ2v) is 3.60. The van der Waals surface area contributed by atoms with Gasteiger partial charge in [-0.1, -0.05) is 0 Å². The fourth-order valence-corrected chi connectivity index (χ4v) is 0.971. The summed E-state index contributed by atoms with van der Waals surface area (Å²) in [6.07, 6.45) is 2.86. The number of carbonyl (C=O) groups is 1. The largest absolute Gasteiger partial charge is 0.481 e. The standard InChI is InChI=1S/C10H14N2O3/c1-4-15-8-6-11-7(5-12-8)10(2,3)9(13)14/h5-6H,4H2,1-3H3,(H,13,14). The molecule has 1 rings (SSSR count). The van der Waals surface area contributed by atoms with Gasteiger partial charge in [-0.3, -0.25) is 9.78 Å². The van der Waals surface area contributed by atoms with Gasteiger partial charge in [-0.15, -0.1) is 0 Å². The van der Waals surface area contributed by atoms with E-state index in [2.05, 4.69) is 9.97 Å². The summed E-state index contributed by atoms with van der Waals surface area (Å²) in [5.74, 6) is -0.525. The molecule has 0 aliphatic heterocycles. The molecule has 0 spiro atoms. The van der Waals surface area contributed by atoms with E-state index in [1.165, 1.54) is 12.4 Å². The van der Waals surface area contributed by atoms with E-state index in [1.807, 2.05) is 6.92 Å². The molecule has 15 heavy (non-hydrogen) atoms. The predicted molar refractivity (Wildman–Crippen MR) is 53.9 cm³/mol. The molecule has 1 aromatic heterocycles. The molecule has 5 heteroatoms. The quantitative estimate of drug-likeness (QED) is 0.809. The molecule has 0 saturated carbocycles. The minimum atomic E-state index is -1.03. The molecule has 5 nitrogen and oxygen atoms in total. The lowest BCUT2D eigenvalue weighted by Crippen LogP contribution is -2.29. The van der Waals surface area contributed by atoms with Gasteiger partial charge in [0.15, 0.2) is 0 Å². The van der Waals surface area contributed by atoms with E-state index in [9.17, 15) is 4.79 Å². The zero-order valence-electron chi connectivity index (χ0n) is 9.02. The van der Waals surface area contributed by atoms with Crippen LogP contribution in [0, 0.1) is 0 Å². The normalized spacial score (nSPS) is 11.1. The monoisotopic (exact) mass is 210 g/mol. The van der Waals surface area contributed by atoms with Crippen LogP contribution in [-0.2, 0) is 10.2 Å². The van der Waals surface area contributed by atoms with Gasteiger partial charge in [0.1, 0.15) is 5.41 Å². The molecule has 0 unspecified atom stereocenters. The third-order valence-electron chi connectivity index (χ3n) is 2.10. The van der Waals surface area contributed by atoms with E-state index in [-0.39, 0.29) is 0 Å². The smallest absolute Gasteiger partial charge is 0.315 e. The van der Waals surface area contributed by atoms with Crippen molar-refractivity contribution in [2.75, 3.05) is 6.61 Å². The molecule has 0 aliphatic rings. The van der Waals surface area contributed by atoms with E-state index in [1.54, 1.807) is 13.8 Å². The average molecular weight is 210 g/mol. The molecule has 1 aromatic rings. The van der Waals surface area contributed by atoms with Crippen LogP contribution in [0.4, 0.5) is 0 Å². The number of rotatable bonds is 4. The second-order valence-electron chi connectivity index (χ2n) is 3.60. The van der Waals surface area contributed by atoms with E-state index in [4.69, 9.17) is 9.84 Å². The molecular formula is C10H14N2O3. The van der Waals surface area contributed by atoms with Crippen molar-refractivity contribution in [3.05, 3.63) is 18.1 Å². The SMILES string of the molecule is CCOc1cnc(C(C)(C)C(=O)O)cn1. The predicted octanol–water partition coefficient (Wildman–Crippen LogP) is 1.24. The number of ether oxygens (including phenoxy) is 1. The number of nitrogens with zero attached hydrogens (tertiary/aromatic N) is 2. The van der Waals surface area contributed by atoms with Crippen LogP contribution in [0.2, 0.25) is 0 Å². The molecule has 0 aliphatic carbocycles. The highest BCUT2D eigenvalue weighted by atomic mass is 16.5. The zero-order valence-corrected chi connectivity index (χ0v) is 9.02. The van der Waals surface area contributed by atoms with Crippen molar-refractivity contribution >= 4 is 5.97 Å². The van der Waals surface area contributed by atoms with Crippen LogP contribution in [0.15, 0.2) is 12.4 Å². The number of carboxylic acids is 1. The van der Waals surface area contributed by atoms with E-state index < -0.39 is 11.4 Å². The van der Waals surface area contributed by atoms with Crippen molar-refractivity contribution in [3.63, 3.8) is 0 Å². The first kappa shape index (κ1) is 11.4.